The summed E-state index contributed by atoms with van der Waals surface area (Å²) in [5.74, 6) is 0.838. The van der Waals surface area contributed by atoms with Crippen LogP contribution in [0.4, 0.5) is 0 Å². The van der Waals surface area contributed by atoms with Gasteiger partial charge in [0.05, 0.1) is 0 Å². The highest BCUT2D eigenvalue weighted by Gasteiger charge is 2.10. The molecule has 18 heavy (non-hydrogen) atoms. The summed E-state index contributed by atoms with van der Waals surface area (Å²) in [5, 5.41) is 0. The molecule has 1 heterocycles. The molecule has 102 valence electrons. The van der Waals surface area contributed by atoms with Crippen LogP contribution in [0.5, 0.6) is 5.75 Å². The van der Waals surface area contributed by atoms with Gasteiger partial charge in [-0.1, -0.05) is 0 Å². The molecule has 1 fully saturated rings. The van der Waals surface area contributed by atoms with E-state index in [1.807, 2.05) is 12.1 Å². The average Bonchev–Trinajstić information content (AvgIpc) is 2.83. The summed E-state index contributed by atoms with van der Waals surface area (Å²) in [5.41, 5.74) is 0.687. The number of carbonyl (C=O) groups excluding carboxylic acids is 1. The van der Waals surface area contributed by atoms with E-state index in [-0.39, 0.29) is 11.0 Å². The van der Waals surface area contributed by atoms with Crippen LogP contribution in [0.1, 0.15) is 23.2 Å². The molecule has 1 saturated heterocycles. The molecule has 0 saturated carbocycles. The van der Waals surface area contributed by atoms with Crippen LogP contribution in [0, 0.1) is 0 Å². The van der Waals surface area contributed by atoms with E-state index in [1.165, 1.54) is 25.9 Å². The Labute approximate surface area is 107 Å². The van der Waals surface area contributed by atoms with E-state index in [0.717, 1.165) is 25.2 Å². The van der Waals surface area contributed by atoms with Crippen LogP contribution < -0.4 is 4.74 Å². The third-order valence-corrected chi connectivity index (χ3v) is 2.89. The fourth-order valence-electron chi connectivity index (χ4n) is 1.94. The van der Waals surface area contributed by atoms with E-state index in [9.17, 15) is 4.79 Å². The molecule has 5 heteroatoms. The Bertz CT molecular complexity index is 333. The first-order valence-corrected chi connectivity index (χ1v) is 5.79. The Hall–Kier alpha value is -1.43. The number of hydrogen-bond donors (Lipinski definition) is 0. The molecule has 0 bridgehead atoms. The Balaban J connectivity index is 0.00000144. The first kappa shape index (κ1) is 16.6. The van der Waals surface area contributed by atoms with E-state index < -0.39 is 0 Å². The molecular weight excluding hydrogens is 234 g/mol. The number of rotatable bonds is 5. The summed E-state index contributed by atoms with van der Waals surface area (Å²) in [6.45, 7) is 4.12. The Morgan fingerprint density at radius 1 is 1.11 bits per heavy atom. The molecule has 1 aromatic rings. The molecule has 4 N–H and O–H groups in total. The van der Waals surface area contributed by atoms with Crippen LogP contribution in [0.15, 0.2) is 24.3 Å². The van der Waals surface area contributed by atoms with Gasteiger partial charge in [0.2, 0.25) is 0 Å². The third-order valence-electron chi connectivity index (χ3n) is 2.89. The van der Waals surface area contributed by atoms with Gasteiger partial charge in [-0.25, -0.2) is 0 Å². The van der Waals surface area contributed by atoms with Crippen molar-refractivity contribution >= 4 is 6.29 Å². The third kappa shape index (κ3) is 4.83. The smallest absolute Gasteiger partial charge is 0.150 e. The lowest BCUT2D eigenvalue weighted by atomic mass is 10.2. The van der Waals surface area contributed by atoms with Crippen molar-refractivity contribution in [2.24, 2.45) is 0 Å². The number of nitrogens with zero attached hydrogens (tertiary/aromatic N) is 1. The van der Waals surface area contributed by atoms with E-state index in [2.05, 4.69) is 4.90 Å². The predicted molar refractivity (Wildman–Crippen MR) is 70.2 cm³/mol. The largest absolute Gasteiger partial charge is 0.492 e. The van der Waals surface area contributed by atoms with Crippen LogP contribution in [-0.4, -0.2) is 48.4 Å². The molecule has 0 aromatic heterocycles. The zero-order chi connectivity index (χ0) is 11.2. The second kappa shape index (κ2) is 8.63. The first-order valence-electron chi connectivity index (χ1n) is 5.79. The fourth-order valence-corrected chi connectivity index (χ4v) is 1.94. The first-order chi connectivity index (χ1) is 7.88. The molecule has 0 aliphatic carbocycles. The average molecular weight is 255 g/mol. The minimum Gasteiger partial charge on any atom is -0.492 e. The van der Waals surface area contributed by atoms with E-state index in [1.54, 1.807) is 12.1 Å². The second-order valence-corrected chi connectivity index (χ2v) is 4.08. The highest BCUT2D eigenvalue weighted by atomic mass is 16.5. The van der Waals surface area contributed by atoms with Gasteiger partial charge < -0.3 is 15.7 Å². The lowest BCUT2D eigenvalue weighted by Crippen LogP contribution is -2.25. The molecule has 5 nitrogen and oxygen atoms in total. The maximum Gasteiger partial charge on any atom is 0.150 e. The second-order valence-electron chi connectivity index (χ2n) is 4.08. The number of likely N-dealkylation sites (tertiary alicyclic amines) is 1. The van der Waals surface area contributed by atoms with E-state index >= 15 is 0 Å². The Morgan fingerprint density at radius 2 is 1.72 bits per heavy atom. The van der Waals surface area contributed by atoms with Gasteiger partial charge in [-0.2, -0.15) is 0 Å². The number of aldehydes is 1. The quantitative estimate of drug-likeness (QED) is 0.709. The van der Waals surface area contributed by atoms with Gasteiger partial charge in [-0.15, -0.1) is 0 Å². The summed E-state index contributed by atoms with van der Waals surface area (Å²) in [6, 6.07) is 7.23. The summed E-state index contributed by atoms with van der Waals surface area (Å²) in [4.78, 5) is 12.9. The maximum absolute atomic E-state index is 10.5. The predicted octanol–water partition coefficient (Wildman–Crippen LogP) is 0.324. The van der Waals surface area contributed by atoms with E-state index in [4.69, 9.17) is 4.74 Å². The van der Waals surface area contributed by atoms with Crippen molar-refractivity contribution in [3.8, 4) is 5.75 Å². The van der Waals surface area contributed by atoms with Crippen LogP contribution in [-0.2, 0) is 0 Å². The molecular formula is C13H21NO4. The highest BCUT2D eigenvalue weighted by Crippen LogP contribution is 2.12. The minimum absolute atomic E-state index is 0. The number of hydrogen-bond acceptors (Lipinski definition) is 3. The van der Waals surface area contributed by atoms with Crippen molar-refractivity contribution in [3.05, 3.63) is 29.8 Å². The Kier molecular flexibility index (Phi) is 7.94. The zero-order valence-corrected chi connectivity index (χ0v) is 10.4. The molecule has 0 spiro atoms. The lowest BCUT2D eigenvalue weighted by molar-refractivity contribution is 0.112. The summed E-state index contributed by atoms with van der Waals surface area (Å²) in [7, 11) is 0. The van der Waals surface area contributed by atoms with Gasteiger partial charge in [0.1, 0.15) is 18.6 Å². The number of carbonyl (C=O) groups is 1. The molecule has 0 unspecified atom stereocenters. The number of benzene rings is 1. The van der Waals surface area contributed by atoms with Crippen LogP contribution in [0.25, 0.3) is 0 Å². The minimum atomic E-state index is 0. The number of ether oxygens (including phenoxy) is 1. The molecule has 1 aromatic carbocycles. The van der Waals surface area contributed by atoms with E-state index in [0.29, 0.717) is 5.56 Å². The zero-order valence-electron chi connectivity index (χ0n) is 10.4. The van der Waals surface area contributed by atoms with Gasteiger partial charge >= 0.3 is 0 Å². The topological polar surface area (TPSA) is 92.5 Å². The molecule has 2 rings (SSSR count). The summed E-state index contributed by atoms with van der Waals surface area (Å²) in [6.07, 6.45) is 3.47. The van der Waals surface area contributed by atoms with Crippen LogP contribution in [0.2, 0.25) is 0 Å². The maximum atomic E-state index is 10.5. The van der Waals surface area contributed by atoms with Crippen LogP contribution >= 0.6 is 0 Å². The van der Waals surface area contributed by atoms with Gasteiger partial charge in [-0.05, 0) is 50.2 Å². The van der Waals surface area contributed by atoms with Crippen LogP contribution in [0.3, 0.4) is 0 Å². The van der Waals surface area contributed by atoms with Crippen molar-refractivity contribution in [1.29, 1.82) is 0 Å². The monoisotopic (exact) mass is 255 g/mol. The molecule has 1 aliphatic heterocycles. The standard InChI is InChI=1S/C13H17NO2.2H2O/c15-11-12-3-5-13(6-4-12)16-10-9-14-7-1-2-8-14;;/h3-6,11H,1-2,7-10H2;2*1H2. The highest BCUT2D eigenvalue weighted by molar-refractivity contribution is 5.74. The van der Waals surface area contributed by atoms with Crippen molar-refractivity contribution in [3.63, 3.8) is 0 Å². The van der Waals surface area contributed by atoms with Crippen molar-refractivity contribution in [1.82, 2.24) is 4.90 Å². The lowest BCUT2D eigenvalue weighted by Gasteiger charge is -2.14. The SMILES string of the molecule is O.O.O=Cc1ccc(OCCN2CCCC2)cc1. The molecule has 0 amide bonds. The molecule has 0 atom stereocenters. The van der Waals surface area contributed by atoms with Gasteiger partial charge in [-0.3, -0.25) is 9.69 Å². The van der Waals surface area contributed by atoms with Crippen molar-refractivity contribution in [2.45, 2.75) is 12.8 Å². The molecule has 1 aliphatic rings. The normalized spacial score (nSPS) is 14.4. The van der Waals surface area contributed by atoms with Gasteiger partial charge in [0.15, 0.2) is 0 Å². The van der Waals surface area contributed by atoms with Crippen molar-refractivity contribution < 1.29 is 20.5 Å². The fraction of sp³-hybridized carbons (Fsp3) is 0.462. The summed E-state index contributed by atoms with van der Waals surface area (Å²) < 4.78 is 5.61. The molecule has 0 radical (unpaired) electrons. The van der Waals surface area contributed by atoms with Crippen molar-refractivity contribution in [2.75, 3.05) is 26.2 Å². The Morgan fingerprint density at radius 3 is 2.28 bits per heavy atom. The van der Waals surface area contributed by atoms with Gasteiger partial charge in [0, 0.05) is 12.1 Å². The summed E-state index contributed by atoms with van der Waals surface area (Å²) >= 11 is 0. The van der Waals surface area contributed by atoms with Gasteiger partial charge in [0.25, 0.3) is 0 Å².